The van der Waals surface area contributed by atoms with Crippen molar-refractivity contribution in [3.8, 4) is 0 Å². The van der Waals surface area contributed by atoms with Crippen LogP contribution >= 0.6 is 0 Å². The maximum atomic E-state index is 3.58. The Kier molecular flexibility index (Phi) is 5.67. The molecule has 0 saturated carbocycles. The molecule has 0 radical (unpaired) electrons. The van der Waals surface area contributed by atoms with Gasteiger partial charge in [0.1, 0.15) is 0 Å². The van der Waals surface area contributed by atoms with Gasteiger partial charge in [0.2, 0.25) is 0 Å². The zero-order chi connectivity index (χ0) is 13.8. The maximum Gasteiger partial charge on any atom is 0.00965 e. The Bertz CT molecular complexity index is 240. The average molecular weight is 254 g/mol. The van der Waals surface area contributed by atoms with Crippen LogP contribution in [0.3, 0.4) is 0 Å². The summed E-state index contributed by atoms with van der Waals surface area (Å²) in [5.74, 6) is 0. The highest BCUT2D eigenvalue weighted by Crippen LogP contribution is 2.30. The highest BCUT2D eigenvalue weighted by atomic mass is 15.2. The standard InChI is InChI=1S/C16H34N2/c1-14(9-7-11-17-15(2,3)4)18-12-8-10-16(5,6)13-18/h14,17H,7-13H2,1-6H3. The molecule has 2 nitrogen and oxygen atoms in total. The van der Waals surface area contributed by atoms with Crippen LogP contribution in [0.25, 0.3) is 0 Å². The van der Waals surface area contributed by atoms with Crippen molar-refractivity contribution in [2.75, 3.05) is 19.6 Å². The molecule has 0 amide bonds. The molecule has 1 heterocycles. The van der Waals surface area contributed by atoms with Crippen LogP contribution in [0.1, 0.15) is 67.2 Å². The molecule has 0 aliphatic carbocycles. The van der Waals surface area contributed by atoms with Crippen molar-refractivity contribution in [1.29, 1.82) is 0 Å². The van der Waals surface area contributed by atoms with Gasteiger partial charge in [-0.2, -0.15) is 0 Å². The summed E-state index contributed by atoms with van der Waals surface area (Å²) in [4.78, 5) is 2.70. The van der Waals surface area contributed by atoms with Crippen LogP contribution in [-0.4, -0.2) is 36.1 Å². The molecule has 108 valence electrons. The van der Waals surface area contributed by atoms with E-state index in [-0.39, 0.29) is 5.54 Å². The topological polar surface area (TPSA) is 15.3 Å². The van der Waals surface area contributed by atoms with Crippen LogP contribution in [0.5, 0.6) is 0 Å². The van der Waals surface area contributed by atoms with E-state index in [1.54, 1.807) is 0 Å². The van der Waals surface area contributed by atoms with Crippen LogP contribution in [0.15, 0.2) is 0 Å². The summed E-state index contributed by atoms with van der Waals surface area (Å²) in [5, 5.41) is 3.58. The Hall–Kier alpha value is -0.0800. The SMILES string of the molecule is CC(CCCNC(C)(C)C)N1CCCC(C)(C)C1. The molecule has 1 atom stereocenters. The number of hydrogen-bond acceptors (Lipinski definition) is 2. The Morgan fingerprint density at radius 2 is 1.94 bits per heavy atom. The number of piperidine rings is 1. The summed E-state index contributed by atoms with van der Waals surface area (Å²) in [6, 6.07) is 0.742. The highest BCUT2D eigenvalue weighted by molar-refractivity contribution is 4.82. The Morgan fingerprint density at radius 3 is 2.50 bits per heavy atom. The molecule has 0 aromatic carbocycles. The molecule has 1 unspecified atom stereocenters. The van der Waals surface area contributed by atoms with Gasteiger partial charge >= 0.3 is 0 Å². The molecular weight excluding hydrogens is 220 g/mol. The van der Waals surface area contributed by atoms with Crippen molar-refractivity contribution in [2.24, 2.45) is 5.41 Å². The lowest BCUT2D eigenvalue weighted by Gasteiger charge is -2.41. The molecule has 0 aromatic heterocycles. The molecule has 2 heteroatoms. The Morgan fingerprint density at radius 1 is 1.28 bits per heavy atom. The summed E-state index contributed by atoms with van der Waals surface area (Å²) < 4.78 is 0. The molecule has 0 aromatic rings. The van der Waals surface area contributed by atoms with E-state index in [1.165, 1.54) is 38.8 Å². The summed E-state index contributed by atoms with van der Waals surface area (Å²) in [7, 11) is 0. The van der Waals surface area contributed by atoms with E-state index in [0.717, 1.165) is 12.6 Å². The van der Waals surface area contributed by atoms with Gasteiger partial charge in [-0.1, -0.05) is 13.8 Å². The summed E-state index contributed by atoms with van der Waals surface area (Å²) in [6.07, 6.45) is 5.37. The zero-order valence-electron chi connectivity index (χ0n) is 13.5. The van der Waals surface area contributed by atoms with Crippen molar-refractivity contribution < 1.29 is 0 Å². The number of likely N-dealkylation sites (tertiary alicyclic amines) is 1. The second-order valence-corrected chi connectivity index (χ2v) is 7.91. The van der Waals surface area contributed by atoms with Gasteiger partial charge in [-0.25, -0.2) is 0 Å². The molecule has 1 fully saturated rings. The van der Waals surface area contributed by atoms with Crippen molar-refractivity contribution >= 4 is 0 Å². The van der Waals surface area contributed by atoms with Crippen LogP contribution in [0.2, 0.25) is 0 Å². The number of nitrogens with one attached hydrogen (secondary N) is 1. The fourth-order valence-corrected chi connectivity index (χ4v) is 2.89. The van der Waals surface area contributed by atoms with Gasteiger partial charge in [0.25, 0.3) is 0 Å². The van der Waals surface area contributed by atoms with Gasteiger partial charge in [0, 0.05) is 18.1 Å². The fraction of sp³-hybridized carbons (Fsp3) is 1.00. The number of nitrogens with zero attached hydrogens (tertiary/aromatic N) is 1. The Labute approximate surface area is 115 Å². The van der Waals surface area contributed by atoms with Crippen LogP contribution in [0.4, 0.5) is 0 Å². The van der Waals surface area contributed by atoms with Crippen molar-refractivity contribution in [2.45, 2.75) is 78.8 Å². The predicted octanol–water partition coefficient (Wildman–Crippen LogP) is 3.67. The maximum absolute atomic E-state index is 3.58. The molecule has 1 N–H and O–H groups in total. The van der Waals surface area contributed by atoms with E-state index in [2.05, 4.69) is 51.8 Å². The lowest BCUT2D eigenvalue weighted by molar-refractivity contribution is 0.0802. The molecule has 18 heavy (non-hydrogen) atoms. The minimum Gasteiger partial charge on any atom is -0.312 e. The third kappa shape index (κ3) is 6.19. The number of hydrogen-bond donors (Lipinski definition) is 1. The van der Waals surface area contributed by atoms with E-state index >= 15 is 0 Å². The predicted molar refractivity (Wildman–Crippen MR) is 81.0 cm³/mol. The second-order valence-electron chi connectivity index (χ2n) is 7.91. The molecule has 1 rings (SSSR count). The van der Waals surface area contributed by atoms with Crippen molar-refractivity contribution in [3.05, 3.63) is 0 Å². The lowest BCUT2D eigenvalue weighted by Crippen LogP contribution is -2.45. The first-order valence-electron chi connectivity index (χ1n) is 7.69. The zero-order valence-corrected chi connectivity index (χ0v) is 13.5. The summed E-state index contributed by atoms with van der Waals surface area (Å²) >= 11 is 0. The highest BCUT2D eigenvalue weighted by Gasteiger charge is 2.28. The van der Waals surface area contributed by atoms with E-state index in [0.29, 0.717) is 5.41 Å². The first kappa shape index (κ1) is 16.0. The van der Waals surface area contributed by atoms with Crippen LogP contribution in [0, 0.1) is 5.41 Å². The molecular formula is C16H34N2. The molecule has 0 spiro atoms. The van der Waals surface area contributed by atoms with E-state index in [1.807, 2.05) is 0 Å². The minimum absolute atomic E-state index is 0.260. The largest absolute Gasteiger partial charge is 0.312 e. The fourth-order valence-electron chi connectivity index (χ4n) is 2.89. The average Bonchev–Trinajstić information content (AvgIpc) is 2.21. The molecule has 0 bridgehead atoms. The van der Waals surface area contributed by atoms with Gasteiger partial charge in [0.15, 0.2) is 0 Å². The van der Waals surface area contributed by atoms with Gasteiger partial charge in [-0.3, -0.25) is 0 Å². The third-order valence-corrected chi connectivity index (χ3v) is 4.01. The second kappa shape index (κ2) is 6.38. The summed E-state index contributed by atoms with van der Waals surface area (Å²) in [5.41, 5.74) is 0.784. The first-order chi connectivity index (χ1) is 8.20. The first-order valence-corrected chi connectivity index (χ1v) is 7.69. The van der Waals surface area contributed by atoms with Crippen molar-refractivity contribution in [1.82, 2.24) is 10.2 Å². The monoisotopic (exact) mass is 254 g/mol. The quantitative estimate of drug-likeness (QED) is 0.753. The molecule has 1 aliphatic heterocycles. The Balaban J connectivity index is 2.22. The van der Waals surface area contributed by atoms with Crippen LogP contribution < -0.4 is 5.32 Å². The normalized spacial score (nSPS) is 23.0. The lowest BCUT2D eigenvalue weighted by atomic mass is 9.83. The molecule has 1 aliphatic rings. The minimum atomic E-state index is 0.260. The van der Waals surface area contributed by atoms with Gasteiger partial charge < -0.3 is 10.2 Å². The van der Waals surface area contributed by atoms with Crippen molar-refractivity contribution in [3.63, 3.8) is 0 Å². The van der Waals surface area contributed by atoms with E-state index in [9.17, 15) is 0 Å². The smallest absolute Gasteiger partial charge is 0.00965 e. The van der Waals surface area contributed by atoms with Crippen LogP contribution in [-0.2, 0) is 0 Å². The molecule has 1 saturated heterocycles. The van der Waals surface area contributed by atoms with E-state index < -0.39 is 0 Å². The summed E-state index contributed by atoms with van der Waals surface area (Å²) in [6.45, 7) is 17.7. The third-order valence-electron chi connectivity index (χ3n) is 4.01. The van der Waals surface area contributed by atoms with Gasteiger partial charge in [-0.15, -0.1) is 0 Å². The number of rotatable bonds is 5. The van der Waals surface area contributed by atoms with Gasteiger partial charge in [-0.05, 0) is 71.9 Å². The van der Waals surface area contributed by atoms with Gasteiger partial charge in [0.05, 0.1) is 0 Å². The van der Waals surface area contributed by atoms with E-state index in [4.69, 9.17) is 0 Å².